The molecule has 0 radical (unpaired) electrons. The fraction of sp³-hybridized carbons (Fsp3) is 0.172. The van der Waals surface area contributed by atoms with Crippen LogP contribution in [0.5, 0.6) is 0 Å². The molecule has 0 amide bonds. The molecule has 1 aliphatic rings. The Balaban J connectivity index is 1.72. The van der Waals surface area contributed by atoms with Crippen molar-refractivity contribution < 1.29 is 9.78 Å². The van der Waals surface area contributed by atoms with Gasteiger partial charge in [0.05, 0.1) is 0 Å². The minimum atomic E-state index is -0.715. The van der Waals surface area contributed by atoms with Gasteiger partial charge in [0.1, 0.15) is 0 Å². The quantitative estimate of drug-likeness (QED) is 0.345. The van der Waals surface area contributed by atoms with E-state index in [4.69, 9.17) is 9.78 Å². The summed E-state index contributed by atoms with van der Waals surface area (Å²) in [4.78, 5) is 12.8. The van der Waals surface area contributed by atoms with Crippen LogP contribution in [-0.4, -0.2) is 0 Å². The van der Waals surface area contributed by atoms with Gasteiger partial charge < -0.3 is 0 Å². The Hall–Kier alpha value is -3.20. The normalized spacial score (nSPS) is 16.8. The molecule has 154 valence electrons. The minimum absolute atomic E-state index is 0.639. The molecule has 2 heteroatoms. The van der Waals surface area contributed by atoms with E-state index in [9.17, 15) is 0 Å². The van der Waals surface area contributed by atoms with E-state index in [-0.39, 0.29) is 0 Å². The van der Waals surface area contributed by atoms with Crippen molar-refractivity contribution in [3.05, 3.63) is 143 Å². The monoisotopic (exact) mass is 406 g/mol. The van der Waals surface area contributed by atoms with Gasteiger partial charge in [-0.3, -0.25) is 0 Å². The van der Waals surface area contributed by atoms with Crippen LogP contribution in [-0.2, 0) is 21.0 Å². The van der Waals surface area contributed by atoms with Gasteiger partial charge in [-0.25, -0.2) is 9.78 Å². The zero-order chi connectivity index (χ0) is 21.3. The van der Waals surface area contributed by atoms with Gasteiger partial charge in [-0.1, -0.05) is 120 Å². The summed E-state index contributed by atoms with van der Waals surface area (Å²) in [5.74, 6) is 0. The first-order valence-corrected chi connectivity index (χ1v) is 10.7. The van der Waals surface area contributed by atoms with Crippen molar-refractivity contribution >= 4 is 0 Å². The Kier molecular flexibility index (Phi) is 4.97. The van der Waals surface area contributed by atoms with E-state index in [0.29, 0.717) is 6.42 Å². The topological polar surface area (TPSA) is 18.5 Å². The molecule has 0 atom stereocenters. The molecule has 4 aromatic rings. The molecule has 0 bridgehead atoms. The molecule has 0 spiro atoms. The van der Waals surface area contributed by atoms with Crippen molar-refractivity contribution in [2.75, 3.05) is 0 Å². The van der Waals surface area contributed by atoms with E-state index in [1.54, 1.807) is 0 Å². The van der Waals surface area contributed by atoms with Crippen molar-refractivity contribution in [3.63, 3.8) is 0 Å². The Morgan fingerprint density at radius 3 is 1.13 bits per heavy atom. The van der Waals surface area contributed by atoms with E-state index < -0.39 is 11.2 Å². The molecule has 0 saturated carbocycles. The standard InChI is InChI=1S/C29H26O2/c1-22-13-17-26(18-14-22)29(27-19-15-23(2)16-20-27)21-28(30-31-29,24-9-5-3-6-10-24)25-11-7-4-8-12-25/h3-20H,21H2,1-2H3. The lowest BCUT2D eigenvalue weighted by Gasteiger charge is -2.30. The molecule has 0 aromatic heterocycles. The fourth-order valence-electron chi connectivity index (χ4n) is 4.55. The third kappa shape index (κ3) is 3.38. The second-order valence-electron chi connectivity index (χ2n) is 8.46. The third-order valence-electron chi connectivity index (χ3n) is 6.34. The highest BCUT2D eigenvalue weighted by atomic mass is 17.2. The van der Waals surface area contributed by atoms with Crippen LogP contribution in [0.1, 0.15) is 39.8 Å². The largest absolute Gasteiger partial charge is 0.219 e. The van der Waals surface area contributed by atoms with Gasteiger partial charge in [0.2, 0.25) is 0 Å². The molecule has 1 aliphatic heterocycles. The van der Waals surface area contributed by atoms with Crippen LogP contribution in [0.2, 0.25) is 0 Å². The average Bonchev–Trinajstić information content (AvgIpc) is 3.24. The van der Waals surface area contributed by atoms with E-state index in [2.05, 4.69) is 111 Å². The summed E-state index contributed by atoms with van der Waals surface area (Å²) in [6.45, 7) is 4.21. The van der Waals surface area contributed by atoms with E-state index in [1.807, 2.05) is 12.1 Å². The Bertz CT molecular complexity index is 1060. The number of rotatable bonds is 4. The van der Waals surface area contributed by atoms with Gasteiger partial charge in [0.25, 0.3) is 0 Å². The maximum Gasteiger partial charge on any atom is 0.157 e. The van der Waals surface area contributed by atoms with Crippen molar-refractivity contribution in [3.8, 4) is 0 Å². The maximum atomic E-state index is 6.42. The van der Waals surface area contributed by atoms with E-state index >= 15 is 0 Å². The highest BCUT2D eigenvalue weighted by molar-refractivity contribution is 5.45. The first-order valence-electron chi connectivity index (χ1n) is 10.7. The van der Waals surface area contributed by atoms with Crippen molar-refractivity contribution in [2.24, 2.45) is 0 Å². The van der Waals surface area contributed by atoms with Gasteiger partial charge in [-0.2, -0.15) is 0 Å². The Morgan fingerprint density at radius 1 is 0.452 bits per heavy atom. The zero-order valence-electron chi connectivity index (χ0n) is 17.9. The van der Waals surface area contributed by atoms with Crippen LogP contribution < -0.4 is 0 Å². The van der Waals surface area contributed by atoms with Gasteiger partial charge in [-0.15, -0.1) is 0 Å². The molecule has 1 heterocycles. The van der Waals surface area contributed by atoms with Gasteiger partial charge in [0.15, 0.2) is 11.2 Å². The van der Waals surface area contributed by atoms with Crippen LogP contribution in [0.3, 0.4) is 0 Å². The van der Waals surface area contributed by atoms with Gasteiger partial charge in [0, 0.05) is 6.42 Å². The Morgan fingerprint density at radius 2 is 0.774 bits per heavy atom. The SMILES string of the molecule is Cc1ccc(C2(c3ccc(C)cc3)CC(c3ccccc3)(c3ccccc3)OO2)cc1. The molecule has 4 aromatic carbocycles. The second kappa shape index (κ2) is 7.81. The molecule has 0 unspecified atom stereocenters. The van der Waals surface area contributed by atoms with E-state index in [1.165, 1.54) is 11.1 Å². The van der Waals surface area contributed by atoms with Gasteiger partial charge in [-0.05, 0) is 36.1 Å². The number of aryl methyl sites for hydroxylation is 2. The summed E-state index contributed by atoms with van der Waals surface area (Å²) in [6, 6.07) is 38.0. The predicted octanol–water partition coefficient (Wildman–Crippen LogP) is 6.84. The van der Waals surface area contributed by atoms with Gasteiger partial charge >= 0.3 is 0 Å². The first-order chi connectivity index (χ1) is 15.1. The first kappa shape index (κ1) is 19.7. The van der Waals surface area contributed by atoms with Crippen molar-refractivity contribution in [2.45, 2.75) is 31.5 Å². The zero-order valence-corrected chi connectivity index (χ0v) is 17.9. The average molecular weight is 407 g/mol. The summed E-state index contributed by atoms with van der Waals surface area (Å²) < 4.78 is 0. The molecule has 31 heavy (non-hydrogen) atoms. The number of hydrogen-bond donors (Lipinski definition) is 0. The highest BCUT2D eigenvalue weighted by Crippen LogP contribution is 2.54. The lowest BCUT2D eigenvalue weighted by atomic mass is 9.73. The van der Waals surface area contributed by atoms with Crippen molar-refractivity contribution in [1.82, 2.24) is 0 Å². The van der Waals surface area contributed by atoms with E-state index in [0.717, 1.165) is 22.3 Å². The molecular weight excluding hydrogens is 380 g/mol. The molecule has 0 N–H and O–H groups in total. The summed E-state index contributed by atoms with van der Waals surface area (Å²) in [7, 11) is 0. The number of hydrogen-bond acceptors (Lipinski definition) is 2. The lowest BCUT2D eigenvalue weighted by molar-refractivity contribution is -0.341. The molecule has 1 fully saturated rings. The van der Waals surface area contributed by atoms with Crippen LogP contribution in [0.4, 0.5) is 0 Å². The summed E-state index contributed by atoms with van der Waals surface area (Å²) in [6.07, 6.45) is 0.639. The molecular formula is C29H26O2. The lowest BCUT2D eigenvalue weighted by Crippen LogP contribution is -2.31. The molecule has 5 rings (SSSR count). The second-order valence-corrected chi connectivity index (χ2v) is 8.46. The fourth-order valence-corrected chi connectivity index (χ4v) is 4.55. The Labute approximate surface area is 184 Å². The van der Waals surface area contributed by atoms with Crippen LogP contribution in [0.15, 0.2) is 109 Å². The summed E-state index contributed by atoms with van der Waals surface area (Å²) in [5.41, 5.74) is 5.37. The van der Waals surface area contributed by atoms with Crippen molar-refractivity contribution in [1.29, 1.82) is 0 Å². The van der Waals surface area contributed by atoms with Crippen LogP contribution in [0, 0.1) is 13.8 Å². The smallest absolute Gasteiger partial charge is 0.157 e. The predicted molar refractivity (Wildman–Crippen MR) is 124 cm³/mol. The molecule has 0 aliphatic carbocycles. The summed E-state index contributed by atoms with van der Waals surface area (Å²) in [5, 5.41) is 0. The molecule has 2 nitrogen and oxygen atoms in total. The number of benzene rings is 4. The van der Waals surface area contributed by atoms with Crippen LogP contribution >= 0.6 is 0 Å². The third-order valence-corrected chi connectivity index (χ3v) is 6.34. The molecule has 1 saturated heterocycles. The van der Waals surface area contributed by atoms with Crippen LogP contribution in [0.25, 0.3) is 0 Å². The summed E-state index contributed by atoms with van der Waals surface area (Å²) >= 11 is 0. The minimum Gasteiger partial charge on any atom is -0.219 e. The maximum absolute atomic E-state index is 6.42. The highest BCUT2D eigenvalue weighted by Gasteiger charge is 2.55.